The normalized spacial score (nSPS) is 10.3. The molecule has 2 aromatic carbocycles. The smallest absolute Gasteiger partial charge is 0.159 e. The molecule has 2 rings (SSSR count). The minimum absolute atomic E-state index is 0.194. The van der Waals surface area contributed by atoms with Crippen LogP contribution in [0, 0.1) is 11.6 Å². The first-order valence-corrected chi connectivity index (χ1v) is 5.77. The molecule has 0 saturated heterocycles. The van der Waals surface area contributed by atoms with Crippen molar-refractivity contribution < 1.29 is 13.5 Å². The van der Waals surface area contributed by atoms with Crippen LogP contribution in [0.15, 0.2) is 46.9 Å². The van der Waals surface area contributed by atoms with E-state index >= 15 is 0 Å². The summed E-state index contributed by atoms with van der Waals surface area (Å²) in [6, 6.07) is 11.1. The number of rotatable bonds is 3. The van der Waals surface area contributed by atoms with E-state index in [9.17, 15) is 8.78 Å². The summed E-state index contributed by atoms with van der Waals surface area (Å²) in [5.41, 5.74) is 0.583. The van der Waals surface area contributed by atoms with E-state index in [-0.39, 0.29) is 6.61 Å². The SMILES string of the molecule is Fc1ccc(COc2ccccc2Br)cc1F. The zero-order valence-electron chi connectivity index (χ0n) is 8.79. The molecule has 0 aliphatic carbocycles. The van der Waals surface area contributed by atoms with E-state index in [1.165, 1.54) is 6.07 Å². The molecule has 0 bridgehead atoms. The van der Waals surface area contributed by atoms with Crippen molar-refractivity contribution in [1.82, 2.24) is 0 Å². The summed E-state index contributed by atoms with van der Waals surface area (Å²) in [6.07, 6.45) is 0. The third-order valence-electron chi connectivity index (χ3n) is 2.22. The van der Waals surface area contributed by atoms with Gasteiger partial charge in [0, 0.05) is 0 Å². The molecule has 0 aromatic heterocycles. The minimum Gasteiger partial charge on any atom is -0.488 e. The summed E-state index contributed by atoms with van der Waals surface area (Å²) in [5, 5.41) is 0. The Morgan fingerprint density at radius 3 is 2.47 bits per heavy atom. The fourth-order valence-corrected chi connectivity index (χ4v) is 1.75. The maximum Gasteiger partial charge on any atom is 0.159 e. The zero-order valence-corrected chi connectivity index (χ0v) is 10.4. The average Bonchev–Trinajstić information content (AvgIpc) is 2.32. The lowest BCUT2D eigenvalue weighted by molar-refractivity contribution is 0.303. The molecule has 0 atom stereocenters. The molecule has 0 fully saturated rings. The van der Waals surface area contributed by atoms with Gasteiger partial charge in [0.25, 0.3) is 0 Å². The summed E-state index contributed by atoms with van der Waals surface area (Å²) in [4.78, 5) is 0. The van der Waals surface area contributed by atoms with E-state index in [2.05, 4.69) is 15.9 Å². The third kappa shape index (κ3) is 3.03. The maximum absolute atomic E-state index is 12.9. The predicted molar refractivity (Wildman–Crippen MR) is 64.8 cm³/mol. The number of halogens is 3. The molecular formula is C13H9BrF2O. The fourth-order valence-electron chi connectivity index (χ4n) is 1.35. The second-order valence-corrected chi connectivity index (χ2v) is 4.32. The number of hydrogen-bond acceptors (Lipinski definition) is 1. The first kappa shape index (κ1) is 12.0. The minimum atomic E-state index is -0.863. The van der Waals surface area contributed by atoms with Crippen LogP contribution in [0.2, 0.25) is 0 Å². The lowest BCUT2D eigenvalue weighted by atomic mass is 10.2. The largest absolute Gasteiger partial charge is 0.488 e. The highest BCUT2D eigenvalue weighted by Gasteiger charge is 2.04. The Morgan fingerprint density at radius 1 is 1.00 bits per heavy atom. The highest BCUT2D eigenvalue weighted by Crippen LogP contribution is 2.24. The molecule has 1 nitrogen and oxygen atoms in total. The van der Waals surface area contributed by atoms with Crippen LogP contribution < -0.4 is 4.74 Å². The molecule has 0 aliphatic heterocycles. The van der Waals surface area contributed by atoms with Crippen LogP contribution in [-0.2, 0) is 6.61 Å². The van der Waals surface area contributed by atoms with Crippen molar-refractivity contribution in [2.75, 3.05) is 0 Å². The van der Waals surface area contributed by atoms with Crippen LogP contribution in [-0.4, -0.2) is 0 Å². The van der Waals surface area contributed by atoms with Gasteiger partial charge in [-0.2, -0.15) is 0 Å². The molecule has 0 aliphatic rings. The Bertz CT molecular complexity index is 529. The molecule has 0 unspecified atom stereocenters. The average molecular weight is 299 g/mol. The van der Waals surface area contributed by atoms with Crippen molar-refractivity contribution in [3.63, 3.8) is 0 Å². The van der Waals surface area contributed by atoms with Crippen molar-refractivity contribution in [2.45, 2.75) is 6.61 Å². The van der Waals surface area contributed by atoms with E-state index in [0.29, 0.717) is 11.3 Å². The van der Waals surface area contributed by atoms with Crippen LogP contribution in [0.3, 0.4) is 0 Å². The molecular weight excluding hydrogens is 290 g/mol. The summed E-state index contributed by atoms with van der Waals surface area (Å²) >= 11 is 3.34. The van der Waals surface area contributed by atoms with Crippen LogP contribution in [0.1, 0.15) is 5.56 Å². The second kappa shape index (κ2) is 5.27. The Morgan fingerprint density at radius 2 is 1.76 bits per heavy atom. The Hall–Kier alpha value is -1.42. The molecule has 0 N–H and O–H groups in total. The third-order valence-corrected chi connectivity index (χ3v) is 2.87. The fraction of sp³-hybridized carbons (Fsp3) is 0.0769. The molecule has 0 amide bonds. The summed E-state index contributed by atoms with van der Waals surface area (Å²) in [7, 11) is 0. The molecule has 0 spiro atoms. The predicted octanol–water partition coefficient (Wildman–Crippen LogP) is 4.31. The molecule has 4 heteroatoms. The van der Waals surface area contributed by atoms with Gasteiger partial charge in [-0.05, 0) is 45.8 Å². The second-order valence-electron chi connectivity index (χ2n) is 3.47. The van der Waals surface area contributed by atoms with Gasteiger partial charge in [-0.25, -0.2) is 8.78 Å². The Kier molecular flexibility index (Phi) is 3.74. The molecule has 0 radical (unpaired) electrons. The van der Waals surface area contributed by atoms with Gasteiger partial charge < -0.3 is 4.74 Å². The lowest BCUT2D eigenvalue weighted by Gasteiger charge is -2.08. The Labute approximate surface area is 106 Å². The van der Waals surface area contributed by atoms with Gasteiger partial charge in [-0.3, -0.25) is 0 Å². The monoisotopic (exact) mass is 298 g/mol. The van der Waals surface area contributed by atoms with Crippen molar-refractivity contribution in [3.05, 3.63) is 64.1 Å². The molecule has 0 heterocycles. The van der Waals surface area contributed by atoms with Crippen LogP contribution in [0.4, 0.5) is 8.78 Å². The zero-order chi connectivity index (χ0) is 12.3. The van der Waals surface area contributed by atoms with Crippen LogP contribution in [0.25, 0.3) is 0 Å². The van der Waals surface area contributed by atoms with Gasteiger partial charge in [-0.1, -0.05) is 18.2 Å². The van der Waals surface area contributed by atoms with Gasteiger partial charge in [0.2, 0.25) is 0 Å². The quantitative estimate of drug-likeness (QED) is 0.820. The van der Waals surface area contributed by atoms with Crippen molar-refractivity contribution in [1.29, 1.82) is 0 Å². The van der Waals surface area contributed by atoms with Crippen molar-refractivity contribution in [3.8, 4) is 5.75 Å². The molecule has 88 valence electrons. The summed E-state index contributed by atoms with van der Waals surface area (Å²) < 4.78 is 32.0. The van der Waals surface area contributed by atoms with E-state index in [1.54, 1.807) is 6.07 Å². The number of ether oxygens (including phenoxy) is 1. The number of benzene rings is 2. The van der Waals surface area contributed by atoms with Gasteiger partial charge in [0.1, 0.15) is 12.4 Å². The molecule has 0 saturated carbocycles. The standard InChI is InChI=1S/C13H9BrF2O/c14-10-3-1-2-4-13(10)17-8-9-5-6-11(15)12(16)7-9/h1-7H,8H2. The first-order chi connectivity index (χ1) is 8.16. The van der Waals surface area contributed by atoms with Crippen molar-refractivity contribution in [2.24, 2.45) is 0 Å². The van der Waals surface area contributed by atoms with E-state index in [0.717, 1.165) is 16.6 Å². The van der Waals surface area contributed by atoms with Gasteiger partial charge in [0.05, 0.1) is 4.47 Å². The van der Waals surface area contributed by atoms with Gasteiger partial charge >= 0.3 is 0 Å². The van der Waals surface area contributed by atoms with Crippen molar-refractivity contribution >= 4 is 15.9 Å². The van der Waals surface area contributed by atoms with E-state index in [1.807, 2.05) is 18.2 Å². The topological polar surface area (TPSA) is 9.23 Å². The number of para-hydroxylation sites is 1. The van der Waals surface area contributed by atoms with Crippen LogP contribution in [0.5, 0.6) is 5.75 Å². The highest BCUT2D eigenvalue weighted by atomic mass is 79.9. The lowest BCUT2D eigenvalue weighted by Crippen LogP contribution is -1.97. The maximum atomic E-state index is 12.9. The molecule has 2 aromatic rings. The van der Waals surface area contributed by atoms with Gasteiger partial charge in [0.15, 0.2) is 11.6 Å². The number of hydrogen-bond donors (Lipinski definition) is 0. The van der Waals surface area contributed by atoms with Crippen LogP contribution >= 0.6 is 15.9 Å². The van der Waals surface area contributed by atoms with E-state index in [4.69, 9.17) is 4.74 Å². The Balaban J connectivity index is 2.08. The van der Waals surface area contributed by atoms with E-state index < -0.39 is 11.6 Å². The molecule has 17 heavy (non-hydrogen) atoms. The summed E-state index contributed by atoms with van der Waals surface area (Å²) in [5.74, 6) is -1.05. The summed E-state index contributed by atoms with van der Waals surface area (Å²) in [6.45, 7) is 0.194. The highest BCUT2D eigenvalue weighted by molar-refractivity contribution is 9.10. The first-order valence-electron chi connectivity index (χ1n) is 4.98. The van der Waals surface area contributed by atoms with Gasteiger partial charge in [-0.15, -0.1) is 0 Å².